The number of hydrogen-bond acceptors (Lipinski definition) is 3. The van der Waals surface area contributed by atoms with Gasteiger partial charge in [0, 0.05) is 23.7 Å². The van der Waals surface area contributed by atoms with Crippen molar-refractivity contribution in [2.45, 2.75) is 70.6 Å². The van der Waals surface area contributed by atoms with Crippen LogP contribution in [0.5, 0.6) is 0 Å². The summed E-state index contributed by atoms with van der Waals surface area (Å²) in [7, 11) is 2.19. The van der Waals surface area contributed by atoms with Crippen LogP contribution in [0.25, 0.3) is 0 Å². The topological polar surface area (TPSA) is 35.5 Å². The van der Waals surface area contributed by atoms with Crippen LogP contribution < -0.4 is 5.32 Å². The molecule has 3 heteroatoms. The highest BCUT2D eigenvalue weighted by Crippen LogP contribution is 2.33. The molecule has 0 amide bonds. The fourth-order valence-corrected chi connectivity index (χ4v) is 2.80. The van der Waals surface area contributed by atoms with Gasteiger partial charge in [-0.15, -0.1) is 0 Å². The van der Waals surface area contributed by atoms with Crippen LogP contribution in [0.2, 0.25) is 0 Å². The van der Waals surface area contributed by atoms with Crippen molar-refractivity contribution in [2.75, 3.05) is 13.7 Å². The molecule has 3 nitrogen and oxygen atoms in total. The summed E-state index contributed by atoms with van der Waals surface area (Å²) in [6, 6.07) is 1.63. The maximum Gasteiger partial charge on any atom is 0.0614 e. The summed E-state index contributed by atoms with van der Waals surface area (Å²) < 4.78 is 0. The summed E-state index contributed by atoms with van der Waals surface area (Å²) in [6.45, 7) is 9.02. The Morgan fingerprint density at radius 2 is 2.00 bits per heavy atom. The number of aliphatic hydroxyl groups excluding tert-OH is 1. The number of rotatable bonds is 5. The zero-order chi connectivity index (χ0) is 12.3. The lowest BCUT2D eigenvalue weighted by atomic mass is 9.97. The predicted molar refractivity (Wildman–Crippen MR) is 68.6 cm³/mol. The van der Waals surface area contributed by atoms with Crippen molar-refractivity contribution in [3.8, 4) is 0 Å². The second-order valence-electron chi connectivity index (χ2n) is 5.89. The van der Waals surface area contributed by atoms with Crippen molar-refractivity contribution in [3.63, 3.8) is 0 Å². The third-order valence-electron chi connectivity index (χ3n) is 3.87. The van der Waals surface area contributed by atoms with Crippen molar-refractivity contribution in [1.82, 2.24) is 10.2 Å². The lowest BCUT2D eigenvalue weighted by Crippen LogP contribution is -2.51. The van der Waals surface area contributed by atoms with Crippen LogP contribution in [0.1, 0.15) is 47.0 Å². The molecule has 16 heavy (non-hydrogen) atoms. The van der Waals surface area contributed by atoms with E-state index >= 15 is 0 Å². The highest BCUT2D eigenvalue weighted by atomic mass is 16.3. The van der Waals surface area contributed by atoms with Gasteiger partial charge >= 0.3 is 0 Å². The second kappa shape index (κ2) is 5.48. The lowest BCUT2D eigenvalue weighted by molar-refractivity contribution is 0.135. The zero-order valence-electron chi connectivity index (χ0n) is 11.5. The molecule has 0 bridgehead atoms. The summed E-state index contributed by atoms with van der Waals surface area (Å²) in [5, 5.41) is 13.2. The first kappa shape index (κ1) is 13.9. The van der Waals surface area contributed by atoms with Crippen molar-refractivity contribution in [1.29, 1.82) is 0 Å². The zero-order valence-corrected chi connectivity index (χ0v) is 11.5. The largest absolute Gasteiger partial charge is 0.394 e. The minimum Gasteiger partial charge on any atom is -0.394 e. The van der Waals surface area contributed by atoms with Gasteiger partial charge in [-0.1, -0.05) is 13.8 Å². The molecule has 0 radical (unpaired) electrons. The van der Waals surface area contributed by atoms with E-state index in [4.69, 9.17) is 0 Å². The Labute approximate surface area is 100 Å². The maximum absolute atomic E-state index is 9.62. The van der Waals surface area contributed by atoms with Crippen LogP contribution in [-0.4, -0.2) is 47.3 Å². The monoisotopic (exact) mass is 228 g/mol. The molecule has 0 saturated heterocycles. The Kier molecular flexibility index (Phi) is 4.77. The Morgan fingerprint density at radius 1 is 1.38 bits per heavy atom. The quantitative estimate of drug-likeness (QED) is 0.750. The molecule has 96 valence electrons. The summed E-state index contributed by atoms with van der Waals surface area (Å²) in [5.74, 6) is 0. The first-order valence-electron chi connectivity index (χ1n) is 6.51. The van der Waals surface area contributed by atoms with E-state index < -0.39 is 0 Å². The average molecular weight is 228 g/mol. The maximum atomic E-state index is 9.62. The van der Waals surface area contributed by atoms with Crippen LogP contribution in [-0.2, 0) is 0 Å². The van der Waals surface area contributed by atoms with Crippen molar-refractivity contribution in [3.05, 3.63) is 0 Å². The smallest absolute Gasteiger partial charge is 0.0614 e. The number of aliphatic hydroxyl groups is 1. The minimum atomic E-state index is -0.0397. The number of nitrogens with one attached hydrogen (secondary N) is 1. The van der Waals surface area contributed by atoms with E-state index in [0.29, 0.717) is 18.1 Å². The molecular weight excluding hydrogens is 200 g/mol. The van der Waals surface area contributed by atoms with Crippen LogP contribution in [0.4, 0.5) is 0 Å². The normalized spacial score (nSPS) is 30.9. The van der Waals surface area contributed by atoms with Gasteiger partial charge in [-0.2, -0.15) is 0 Å². The van der Waals surface area contributed by atoms with Crippen LogP contribution >= 0.6 is 0 Å². The SMILES string of the molecule is CC(C)NC1(CO)CCC(N(C)C(C)C)C1. The summed E-state index contributed by atoms with van der Waals surface area (Å²) in [5.41, 5.74) is -0.0397. The molecule has 2 N–H and O–H groups in total. The summed E-state index contributed by atoms with van der Waals surface area (Å²) in [4.78, 5) is 2.43. The molecule has 2 unspecified atom stereocenters. The van der Waals surface area contributed by atoms with Crippen LogP contribution in [0.15, 0.2) is 0 Å². The molecule has 0 aromatic heterocycles. The van der Waals surface area contributed by atoms with Gasteiger partial charge in [0.2, 0.25) is 0 Å². The highest BCUT2D eigenvalue weighted by molar-refractivity contribution is 5.00. The van der Waals surface area contributed by atoms with Gasteiger partial charge in [0.1, 0.15) is 0 Å². The summed E-state index contributed by atoms with van der Waals surface area (Å²) >= 11 is 0. The van der Waals surface area contributed by atoms with Gasteiger partial charge < -0.3 is 15.3 Å². The molecule has 0 aliphatic heterocycles. The molecule has 1 aliphatic rings. The third kappa shape index (κ3) is 3.19. The molecule has 0 aromatic rings. The molecule has 0 spiro atoms. The predicted octanol–water partition coefficient (Wildman–Crippen LogP) is 1.61. The standard InChI is InChI=1S/C13H28N2O/c1-10(2)14-13(9-16)7-6-12(8-13)15(5)11(3)4/h10-12,14,16H,6-9H2,1-5H3. The Morgan fingerprint density at radius 3 is 2.44 bits per heavy atom. The van der Waals surface area contributed by atoms with E-state index in [2.05, 4.69) is 45.0 Å². The van der Waals surface area contributed by atoms with Crippen molar-refractivity contribution < 1.29 is 5.11 Å². The van der Waals surface area contributed by atoms with E-state index in [1.165, 1.54) is 6.42 Å². The molecule has 0 heterocycles. The van der Waals surface area contributed by atoms with E-state index in [9.17, 15) is 5.11 Å². The van der Waals surface area contributed by atoms with E-state index in [0.717, 1.165) is 12.8 Å². The van der Waals surface area contributed by atoms with Crippen molar-refractivity contribution >= 4 is 0 Å². The van der Waals surface area contributed by atoms with Gasteiger partial charge in [0.15, 0.2) is 0 Å². The molecule has 1 saturated carbocycles. The minimum absolute atomic E-state index is 0.0397. The van der Waals surface area contributed by atoms with Gasteiger partial charge in [-0.3, -0.25) is 0 Å². The molecule has 0 aromatic carbocycles. The van der Waals surface area contributed by atoms with Gasteiger partial charge in [-0.25, -0.2) is 0 Å². The number of nitrogens with zero attached hydrogens (tertiary/aromatic N) is 1. The fraction of sp³-hybridized carbons (Fsp3) is 1.00. The van der Waals surface area contributed by atoms with E-state index in [-0.39, 0.29) is 12.1 Å². The molecule has 1 fully saturated rings. The molecule has 1 rings (SSSR count). The molecular formula is C13H28N2O. The molecule has 2 atom stereocenters. The Bertz CT molecular complexity index is 218. The first-order valence-corrected chi connectivity index (χ1v) is 6.51. The lowest BCUT2D eigenvalue weighted by Gasteiger charge is -2.33. The van der Waals surface area contributed by atoms with Crippen LogP contribution in [0.3, 0.4) is 0 Å². The molecule has 1 aliphatic carbocycles. The Balaban J connectivity index is 2.60. The summed E-state index contributed by atoms with van der Waals surface area (Å²) in [6.07, 6.45) is 3.34. The average Bonchev–Trinajstić information content (AvgIpc) is 2.60. The second-order valence-corrected chi connectivity index (χ2v) is 5.89. The van der Waals surface area contributed by atoms with Crippen molar-refractivity contribution in [2.24, 2.45) is 0 Å². The first-order chi connectivity index (χ1) is 7.40. The van der Waals surface area contributed by atoms with Gasteiger partial charge in [0.05, 0.1) is 6.61 Å². The Hall–Kier alpha value is -0.120. The van der Waals surface area contributed by atoms with E-state index in [1.807, 2.05) is 0 Å². The fourth-order valence-electron chi connectivity index (χ4n) is 2.80. The van der Waals surface area contributed by atoms with Gasteiger partial charge in [0.25, 0.3) is 0 Å². The van der Waals surface area contributed by atoms with E-state index in [1.54, 1.807) is 0 Å². The third-order valence-corrected chi connectivity index (χ3v) is 3.87. The number of hydrogen-bond donors (Lipinski definition) is 2. The highest BCUT2D eigenvalue weighted by Gasteiger charge is 2.40. The van der Waals surface area contributed by atoms with Crippen LogP contribution in [0, 0.1) is 0 Å². The van der Waals surface area contributed by atoms with Gasteiger partial charge in [-0.05, 0) is 40.2 Å².